The summed E-state index contributed by atoms with van der Waals surface area (Å²) in [5.74, 6) is -1.37. The van der Waals surface area contributed by atoms with Gasteiger partial charge in [-0.05, 0) is 18.2 Å². The fourth-order valence-electron chi connectivity index (χ4n) is 1.62. The number of ether oxygens (including phenoxy) is 2. The van der Waals surface area contributed by atoms with Gasteiger partial charge in [-0.25, -0.2) is 13.2 Å². The van der Waals surface area contributed by atoms with Gasteiger partial charge in [0, 0.05) is 20.7 Å². The van der Waals surface area contributed by atoms with Crippen LogP contribution < -0.4 is 5.32 Å². The van der Waals surface area contributed by atoms with E-state index < -0.39 is 28.5 Å². The van der Waals surface area contributed by atoms with Crippen molar-refractivity contribution in [2.24, 2.45) is 0 Å². The first-order valence-corrected chi connectivity index (χ1v) is 8.81. The smallest absolute Gasteiger partial charge is 0.338 e. The summed E-state index contributed by atoms with van der Waals surface area (Å²) in [4.78, 5) is 27.8. The van der Waals surface area contributed by atoms with Crippen molar-refractivity contribution in [3.63, 3.8) is 0 Å². The largest absolute Gasteiger partial charge is 0.452 e. The second-order valence-corrected chi connectivity index (χ2v) is 6.97. The highest BCUT2D eigenvalue weighted by Gasteiger charge is 2.25. The van der Waals surface area contributed by atoms with Crippen molar-refractivity contribution in [2.75, 3.05) is 41.0 Å². The van der Waals surface area contributed by atoms with Gasteiger partial charge in [0.1, 0.15) is 4.90 Å². The predicted octanol–water partition coefficient (Wildman–Crippen LogP) is 0.441. The quantitative estimate of drug-likeness (QED) is 0.367. The molecule has 0 spiro atoms. The van der Waals surface area contributed by atoms with E-state index in [1.165, 1.54) is 33.4 Å². The van der Waals surface area contributed by atoms with E-state index in [2.05, 4.69) is 10.2 Å². The van der Waals surface area contributed by atoms with Crippen molar-refractivity contribution in [3.05, 3.63) is 28.8 Å². The summed E-state index contributed by atoms with van der Waals surface area (Å²) in [5.41, 5.74) is -0.0721. The van der Waals surface area contributed by atoms with Gasteiger partial charge < -0.3 is 14.8 Å². The zero-order valence-electron chi connectivity index (χ0n) is 13.9. The molecule has 0 aliphatic carbocycles. The summed E-state index contributed by atoms with van der Waals surface area (Å²) in [5, 5.41) is 2.39. The maximum atomic E-state index is 12.3. The van der Waals surface area contributed by atoms with Crippen LogP contribution in [0.15, 0.2) is 23.1 Å². The second-order valence-electron chi connectivity index (χ2n) is 4.66. The third-order valence-corrected chi connectivity index (χ3v) is 5.16. The number of esters is 1. The molecular formula is C14H19ClN2O7S. The van der Waals surface area contributed by atoms with Gasteiger partial charge in [-0.15, -0.1) is 0 Å². The molecule has 140 valence electrons. The summed E-state index contributed by atoms with van der Waals surface area (Å²) >= 11 is 5.90. The van der Waals surface area contributed by atoms with Crippen molar-refractivity contribution in [1.82, 2.24) is 9.79 Å². The van der Waals surface area contributed by atoms with E-state index >= 15 is 0 Å². The number of rotatable bonds is 9. The molecule has 0 radical (unpaired) electrons. The van der Waals surface area contributed by atoms with Crippen LogP contribution in [0.2, 0.25) is 5.02 Å². The number of nitrogens with zero attached hydrogens (tertiary/aromatic N) is 1. The molecule has 0 atom stereocenters. The number of methoxy groups -OCH3 is 1. The van der Waals surface area contributed by atoms with Gasteiger partial charge in [0.05, 0.1) is 24.3 Å². The van der Waals surface area contributed by atoms with Gasteiger partial charge in [-0.3, -0.25) is 9.63 Å². The van der Waals surface area contributed by atoms with E-state index in [1.54, 1.807) is 0 Å². The van der Waals surface area contributed by atoms with Crippen LogP contribution in [0.4, 0.5) is 0 Å². The van der Waals surface area contributed by atoms with Gasteiger partial charge in [0.25, 0.3) is 15.9 Å². The monoisotopic (exact) mass is 394 g/mol. The molecule has 9 nitrogen and oxygen atoms in total. The number of halogens is 1. The second kappa shape index (κ2) is 9.68. The Morgan fingerprint density at radius 3 is 2.56 bits per heavy atom. The molecule has 0 heterocycles. The number of carbonyl (C=O) groups is 2. The Hall–Kier alpha value is -1.72. The number of hydroxylamine groups is 1. The molecule has 25 heavy (non-hydrogen) atoms. The molecule has 11 heteroatoms. The molecular weight excluding hydrogens is 376 g/mol. The molecule has 1 aromatic carbocycles. The molecule has 0 saturated carbocycles. The van der Waals surface area contributed by atoms with E-state index in [1.807, 2.05) is 0 Å². The van der Waals surface area contributed by atoms with E-state index in [4.69, 9.17) is 21.1 Å². The highest BCUT2D eigenvalue weighted by Crippen LogP contribution is 2.25. The summed E-state index contributed by atoms with van der Waals surface area (Å²) < 4.78 is 34.7. The number of hydrogen-bond donors (Lipinski definition) is 1. The summed E-state index contributed by atoms with van der Waals surface area (Å²) in [7, 11) is -0.204. The van der Waals surface area contributed by atoms with Gasteiger partial charge in [-0.2, -0.15) is 0 Å². The molecule has 1 amide bonds. The molecule has 0 saturated heterocycles. The fraction of sp³-hybridized carbons (Fsp3) is 0.429. The Morgan fingerprint density at radius 2 is 1.96 bits per heavy atom. The lowest BCUT2D eigenvalue weighted by Gasteiger charge is -2.15. The number of sulfonamides is 1. The van der Waals surface area contributed by atoms with Gasteiger partial charge in [0.2, 0.25) is 0 Å². The minimum absolute atomic E-state index is 0.0721. The Morgan fingerprint density at radius 1 is 1.28 bits per heavy atom. The minimum atomic E-state index is -4.04. The van der Waals surface area contributed by atoms with Crippen molar-refractivity contribution in [2.45, 2.75) is 4.90 Å². The van der Waals surface area contributed by atoms with Crippen molar-refractivity contribution < 1.29 is 32.3 Å². The number of nitrogens with one attached hydrogen (secondary N) is 1. The third kappa shape index (κ3) is 5.94. The van der Waals surface area contributed by atoms with Crippen LogP contribution in [0.1, 0.15) is 10.4 Å². The number of hydrogen-bond acceptors (Lipinski definition) is 7. The predicted molar refractivity (Wildman–Crippen MR) is 88.6 cm³/mol. The fourth-order valence-corrected chi connectivity index (χ4v) is 3.10. The van der Waals surface area contributed by atoms with Crippen LogP contribution in [0, 0.1) is 0 Å². The normalized spacial score (nSPS) is 11.4. The zero-order chi connectivity index (χ0) is 19.0. The van der Waals surface area contributed by atoms with Crippen LogP contribution in [-0.4, -0.2) is 65.8 Å². The standard InChI is InChI=1S/C14H19ClN2O7S/c1-17(23-3)25(20,21)12-8-10(4-5-11(12)15)14(19)24-9-13(18)16-6-7-22-2/h4-5,8H,6-7,9H2,1-3H3,(H,16,18). The summed E-state index contributed by atoms with van der Waals surface area (Å²) in [6.07, 6.45) is 0. The van der Waals surface area contributed by atoms with Gasteiger partial charge >= 0.3 is 5.97 Å². The van der Waals surface area contributed by atoms with E-state index in [9.17, 15) is 18.0 Å². The maximum absolute atomic E-state index is 12.3. The van der Waals surface area contributed by atoms with E-state index in [0.29, 0.717) is 11.1 Å². The van der Waals surface area contributed by atoms with Crippen molar-refractivity contribution in [1.29, 1.82) is 0 Å². The van der Waals surface area contributed by atoms with Crippen LogP contribution in [-0.2, 0) is 29.1 Å². The molecule has 0 aliphatic heterocycles. The van der Waals surface area contributed by atoms with Crippen molar-refractivity contribution in [3.8, 4) is 0 Å². The van der Waals surface area contributed by atoms with Gasteiger partial charge in [-0.1, -0.05) is 16.1 Å². The lowest BCUT2D eigenvalue weighted by Crippen LogP contribution is -2.31. The molecule has 0 fully saturated rings. The Bertz CT molecular complexity index is 724. The number of amides is 1. The molecule has 1 aromatic rings. The van der Waals surface area contributed by atoms with Crippen LogP contribution >= 0.6 is 11.6 Å². The number of benzene rings is 1. The van der Waals surface area contributed by atoms with Crippen LogP contribution in [0.3, 0.4) is 0 Å². The lowest BCUT2D eigenvalue weighted by atomic mass is 10.2. The molecule has 0 unspecified atom stereocenters. The summed E-state index contributed by atoms with van der Waals surface area (Å²) in [6.45, 7) is 0.0932. The molecule has 1 rings (SSSR count). The van der Waals surface area contributed by atoms with Crippen molar-refractivity contribution >= 4 is 33.5 Å². The third-order valence-electron chi connectivity index (χ3n) is 3.00. The first-order chi connectivity index (χ1) is 11.7. The van der Waals surface area contributed by atoms with Crippen LogP contribution in [0.25, 0.3) is 0 Å². The summed E-state index contributed by atoms with van der Waals surface area (Å²) in [6, 6.07) is 3.59. The molecule has 0 aliphatic rings. The Kier molecular flexibility index (Phi) is 8.26. The molecule has 1 N–H and O–H groups in total. The Labute approximate surface area is 150 Å². The molecule has 0 bridgehead atoms. The van der Waals surface area contributed by atoms with E-state index in [0.717, 1.165) is 6.07 Å². The Balaban J connectivity index is 2.85. The number of carbonyl (C=O) groups excluding carboxylic acids is 2. The zero-order valence-corrected chi connectivity index (χ0v) is 15.5. The topological polar surface area (TPSA) is 111 Å². The average molecular weight is 395 g/mol. The van der Waals surface area contributed by atoms with E-state index in [-0.39, 0.29) is 22.0 Å². The van der Waals surface area contributed by atoms with Gasteiger partial charge in [0.15, 0.2) is 6.61 Å². The highest BCUT2D eigenvalue weighted by molar-refractivity contribution is 7.89. The minimum Gasteiger partial charge on any atom is -0.452 e. The first-order valence-electron chi connectivity index (χ1n) is 6.99. The average Bonchev–Trinajstić information content (AvgIpc) is 2.59. The first kappa shape index (κ1) is 21.3. The SMILES string of the molecule is COCCNC(=O)COC(=O)c1ccc(Cl)c(S(=O)(=O)N(C)OC)c1. The lowest BCUT2D eigenvalue weighted by molar-refractivity contribution is -0.124. The highest BCUT2D eigenvalue weighted by atomic mass is 35.5. The van der Waals surface area contributed by atoms with Crippen LogP contribution in [0.5, 0.6) is 0 Å². The maximum Gasteiger partial charge on any atom is 0.338 e. The molecule has 0 aromatic heterocycles.